The van der Waals surface area contributed by atoms with E-state index >= 15 is 0 Å². The Morgan fingerprint density at radius 3 is 2.76 bits per heavy atom. The molecule has 1 aromatic heterocycles. The molecule has 0 bridgehead atoms. The lowest BCUT2D eigenvalue weighted by Crippen LogP contribution is -2.03. The van der Waals surface area contributed by atoms with Crippen LogP contribution in [0, 0.1) is 5.82 Å². The average Bonchev–Trinajstić information content (AvgIpc) is 2.83. The number of fused-ring (bicyclic) bond motifs is 1. The lowest BCUT2D eigenvalue weighted by molar-refractivity contribution is 0.0692. The summed E-state index contributed by atoms with van der Waals surface area (Å²) in [6.45, 7) is 0.445. The van der Waals surface area contributed by atoms with Crippen LogP contribution in [0.3, 0.4) is 0 Å². The fourth-order valence-corrected chi connectivity index (χ4v) is 2.58. The first kappa shape index (κ1) is 13.6. The number of nitrogens with zero attached hydrogens (tertiary/aromatic N) is 1. The Kier molecular flexibility index (Phi) is 3.39. The van der Waals surface area contributed by atoms with Crippen LogP contribution >= 0.6 is 11.6 Å². The smallest absolute Gasteiger partial charge is 0.338 e. The monoisotopic (exact) mass is 303 g/mol. The third-order valence-corrected chi connectivity index (χ3v) is 3.71. The standard InChI is InChI=1S/C16H11ClFNO2/c17-13-2-1-3-15-11(13)6-7-19(15)9-10-4-5-12(16(20)21)14(18)8-10/h1-8H,9H2,(H,20,21). The van der Waals surface area contributed by atoms with Crippen LogP contribution in [0.1, 0.15) is 15.9 Å². The van der Waals surface area contributed by atoms with Crippen molar-refractivity contribution in [2.24, 2.45) is 0 Å². The zero-order chi connectivity index (χ0) is 15.0. The van der Waals surface area contributed by atoms with Crippen molar-refractivity contribution < 1.29 is 14.3 Å². The van der Waals surface area contributed by atoms with Gasteiger partial charge in [-0.2, -0.15) is 0 Å². The molecule has 0 unspecified atom stereocenters. The summed E-state index contributed by atoms with van der Waals surface area (Å²) in [7, 11) is 0. The topological polar surface area (TPSA) is 42.2 Å². The van der Waals surface area contributed by atoms with E-state index in [-0.39, 0.29) is 5.56 Å². The quantitative estimate of drug-likeness (QED) is 0.788. The van der Waals surface area contributed by atoms with E-state index in [9.17, 15) is 9.18 Å². The average molecular weight is 304 g/mol. The van der Waals surface area contributed by atoms with Crippen molar-refractivity contribution >= 4 is 28.5 Å². The van der Waals surface area contributed by atoms with E-state index in [1.807, 2.05) is 35.0 Å². The van der Waals surface area contributed by atoms with Gasteiger partial charge in [-0.1, -0.05) is 23.7 Å². The molecule has 0 spiro atoms. The molecule has 0 amide bonds. The fourth-order valence-electron chi connectivity index (χ4n) is 2.35. The van der Waals surface area contributed by atoms with Crippen molar-refractivity contribution in [3.05, 3.63) is 70.6 Å². The van der Waals surface area contributed by atoms with Gasteiger partial charge in [-0.3, -0.25) is 0 Å². The van der Waals surface area contributed by atoms with Gasteiger partial charge >= 0.3 is 5.97 Å². The van der Waals surface area contributed by atoms with Crippen LogP contribution in [0.2, 0.25) is 5.02 Å². The van der Waals surface area contributed by atoms with E-state index in [1.165, 1.54) is 12.1 Å². The van der Waals surface area contributed by atoms with Gasteiger partial charge in [-0.25, -0.2) is 9.18 Å². The fraction of sp³-hybridized carbons (Fsp3) is 0.0625. The predicted octanol–water partition coefficient (Wildman–Crippen LogP) is 4.18. The maximum Gasteiger partial charge on any atom is 0.338 e. The van der Waals surface area contributed by atoms with E-state index in [0.717, 1.165) is 10.9 Å². The lowest BCUT2D eigenvalue weighted by Gasteiger charge is -2.07. The molecule has 0 aliphatic heterocycles. The van der Waals surface area contributed by atoms with E-state index < -0.39 is 11.8 Å². The molecule has 1 heterocycles. The molecule has 0 aliphatic carbocycles. The minimum Gasteiger partial charge on any atom is -0.478 e. The maximum absolute atomic E-state index is 13.7. The van der Waals surface area contributed by atoms with Gasteiger partial charge in [-0.15, -0.1) is 0 Å². The molecule has 3 nitrogen and oxygen atoms in total. The van der Waals surface area contributed by atoms with Gasteiger partial charge in [0.05, 0.1) is 5.56 Å². The number of rotatable bonds is 3. The normalized spacial score (nSPS) is 11.0. The number of carboxylic acid groups (broad SMARTS) is 1. The van der Waals surface area contributed by atoms with Crippen LogP contribution in [0.15, 0.2) is 48.7 Å². The van der Waals surface area contributed by atoms with Crippen molar-refractivity contribution in [1.82, 2.24) is 4.57 Å². The van der Waals surface area contributed by atoms with Gasteiger partial charge in [0, 0.05) is 28.7 Å². The van der Waals surface area contributed by atoms with Crippen LogP contribution in [0.4, 0.5) is 4.39 Å². The number of aromatic nitrogens is 1. The number of carbonyl (C=O) groups is 1. The highest BCUT2D eigenvalue weighted by atomic mass is 35.5. The molecule has 0 atom stereocenters. The van der Waals surface area contributed by atoms with E-state index in [1.54, 1.807) is 6.07 Å². The van der Waals surface area contributed by atoms with Gasteiger partial charge in [-0.05, 0) is 35.9 Å². The number of hydrogen-bond acceptors (Lipinski definition) is 1. The SMILES string of the molecule is O=C(O)c1ccc(Cn2ccc3c(Cl)cccc32)cc1F. The summed E-state index contributed by atoms with van der Waals surface area (Å²) in [5, 5.41) is 10.4. The lowest BCUT2D eigenvalue weighted by atomic mass is 10.1. The Bertz CT molecular complexity index is 841. The number of benzene rings is 2. The zero-order valence-corrected chi connectivity index (χ0v) is 11.6. The van der Waals surface area contributed by atoms with Crippen LogP contribution in [0.5, 0.6) is 0 Å². The first-order chi connectivity index (χ1) is 10.1. The summed E-state index contributed by atoms with van der Waals surface area (Å²) in [5.74, 6) is -1.99. The maximum atomic E-state index is 13.7. The van der Waals surface area contributed by atoms with Crippen molar-refractivity contribution in [2.75, 3.05) is 0 Å². The molecule has 0 saturated carbocycles. The highest BCUT2D eigenvalue weighted by Gasteiger charge is 2.11. The van der Waals surface area contributed by atoms with Crippen molar-refractivity contribution in [3.63, 3.8) is 0 Å². The van der Waals surface area contributed by atoms with Crippen LogP contribution < -0.4 is 0 Å². The summed E-state index contributed by atoms with van der Waals surface area (Å²) in [5.41, 5.74) is 1.32. The second-order valence-corrected chi connectivity index (χ2v) is 5.14. The van der Waals surface area contributed by atoms with E-state index in [0.29, 0.717) is 17.1 Å². The Labute approximate surface area is 125 Å². The second kappa shape index (κ2) is 5.22. The Hall–Kier alpha value is -2.33. The Balaban J connectivity index is 1.97. The van der Waals surface area contributed by atoms with E-state index in [2.05, 4.69) is 0 Å². The van der Waals surface area contributed by atoms with Crippen molar-refractivity contribution in [1.29, 1.82) is 0 Å². The van der Waals surface area contributed by atoms with Crippen molar-refractivity contribution in [2.45, 2.75) is 6.54 Å². The third kappa shape index (κ3) is 2.50. The zero-order valence-electron chi connectivity index (χ0n) is 10.9. The highest BCUT2D eigenvalue weighted by Crippen LogP contribution is 2.25. The number of halogens is 2. The number of carboxylic acids is 1. The summed E-state index contributed by atoms with van der Waals surface area (Å²) in [6.07, 6.45) is 1.87. The molecule has 106 valence electrons. The van der Waals surface area contributed by atoms with Crippen LogP contribution in [-0.4, -0.2) is 15.6 Å². The Morgan fingerprint density at radius 2 is 2.05 bits per heavy atom. The summed E-state index contributed by atoms with van der Waals surface area (Å²) < 4.78 is 15.6. The summed E-state index contributed by atoms with van der Waals surface area (Å²) in [6, 6.07) is 11.7. The van der Waals surface area contributed by atoms with Crippen molar-refractivity contribution in [3.8, 4) is 0 Å². The minimum atomic E-state index is -1.27. The number of hydrogen-bond donors (Lipinski definition) is 1. The first-order valence-corrected chi connectivity index (χ1v) is 6.69. The molecule has 1 N–H and O–H groups in total. The molecule has 3 aromatic rings. The van der Waals surface area contributed by atoms with Gasteiger partial charge in [0.2, 0.25) is 0 Å². The molecule has 2 aromatic carbocycles. The summed E-state index contributed by atoms with van der Waals surface area (Å²) in [4.78, 5) is 10.8. The van der Waals surface area contributed by atoms with E-state index in [4.69, 9.17) is 16.7 Å². The molecule has 3 rings (SSSR count). The van der Waals surface area contributed by atoms with Gasteiger partial charge in [0.25, 0.3) is 0 Å². The Morgan fingerprint density at radius 1 is 1.24 bits per heavy atom. The molecule has 0 fully saturated rings. The molecular formula is C16H11ClFNO2. The second-order valence-electron chi connectivity index (χ2n) is 4.74. The molecule has 0 aliphatic rings. The molecule has 0 radical (unpaired) electrons. The molecule has 0 saturated heterocycles. The van der Waals surface area contributed by atoms with Gasteiger partial charge < -0.3 is 9.67 Å². The minimum absolute atomic E-state index is 0.320. The third-order valence-electron chi connectivity index (χ3n) is 3.38. The molecular weight excluding hydrogens is 293 g/mol. The van der Waals surface area contributed by atoms with Gasteiger partial charge in [0.15, 0.2) is 0 Å². The largest absolute Gasteiger partial charge is 0.478 e. The van der Waals surface area contributed by atoms with Crippen LogP contribution in [-0.2, 0) is 6.54 Å². The van der Waals surface area contributed by atoms with Crippen LogP contribution in [0.25, 0.3) is 10.9 Å². The highest BCUT2D eigenvalue weighted by molar-refractivity contribution is 6.35. The summed E-state index contributed by atoms with van der Waals surface area (Å²) >= 11 is 6.12. The molecule has 5 heteroatoms. The first-order valence-electron chi connectivity index (χ1n) is 6.31. The predicted molar refractivity (Wildman–Crippen MR) is 79.4 cm³/mol. The number of aromatic carboxylic acids is 1. The van der Waals surface area contributed by atoms with Gasteiger partial charge in [0.1, 0.15) is 5.82 Å². The molecule has 21 heavy (non-hydrogen) atoms.